The molecule has 6 rings (SSSR count). The molecule has 5 aliphatic carbocycles. The lowest BCUT2D eigenvalue weighted by Gasteiger charge is -2.72. The summed E-state index contributed by atoms with van der Waals surface area (Å²) in [6, 6.07) is 10.0. The van der Waals surface area contributed by atoms with Crippen LogP contribution < -0.4 is 0 Å². The number of benzene rings is 1. The largest absolute Gasteiger partial charge is 0.460 e. The van der Waals surface area contributed by atoms with Crippen LogP contribution in [-0.2, 0) is 16.1 Å². The topological polar surface area (TPSA) is 87.0 Å². The van der Waals surface area contributed by atoms with Gasteiger partial charge in [-0.3, -0.25) is 4.79 Å². The van der Waals surface area contributed by atoms with E-state index in [1.165, 1.54) is 5.57 Å². The van der Waals surface area contributed by atoms with Crippen LogP contribution in [0.3, 0.4) is 0 Å². The van der Waals surface area contributed by atoms with Crippen LogP contribution in [-0.4, -0.2) is 39.6 Å². The molecule has 5 aliphatic rings. The molecule has 0 amide bonds. The number of aliphatic hydroxyl groups excluding tert-OH is 3. The number of ether oxygens (including phenoxy) is 1. The van der Waals surface area contributed by atoms with Gasteiger partial charge in [-0.1, -0.05) is 90.4 Å². The standard InChI is InChI=1S/C37H54O5/c1-22-15-18-37(32(41)42-21-24-11-9-8-10-12-24)20-19-34(5)25(28(37)23(22)2)13-14-27-35(34,6)17-16-26-33(3,4)30(39)29(38)31(40)36(26,27)7/h8-13,22-23,26-31,38-40H,14-21H2,1-7H3/t22-,23+,26+,27+,28+,29-,30+,31+,34-,35-,36+,37+/m1/s1. The van der Waals surface area contributed by atoms with E-state index in [-0.39, 0.29) is 34.6 Å². The van der Waals surface area contributed by atoms with Crippen molar-refractivity contribution in [1.82, 2.24) is 0 Å². The molecule has 0 bridgehead atoms. The predicted molar refractivity (Wildman–Crippen MR) is 164 cm³/mol. The number of hydrogen-bond acceptors (Lipinski definition) is 5. The molecule has 232 valence electrons. The van der Waals surface area contributed by atoms with E-state index < -0.39 is 34.6 Å². The summed E-state index contributed by atoms with van der Waals surface area (Å²) in [6.45, 7) is 16.3. The monoisotopic (exact) mass is 578 g/mol. The molecule has 1 aromatic carbocycles. The van der Waals surface area contributed by atoms with E-state index in [2.05, 4.69) is 54.5 Å². The van der Waals surface area contributed by atoms with E-state index in [1.807, 2.05) is 30.3 Å². The molecule has 5 heteroatoms. The van der Waals surface area contributed by atoms with Crippen LogP contribution in [0.4, 0.5) is 0 Å². The number of hydrogen-bond donors (Lipinski definition) is 3. The summed E-state index contributed by atoms with van der Waals surface area (Å²) in [4.78, 5) is 14.2. The Kier molecular flexibility index (Phi) is 7.16. The third kappa shape index (κ3) is 3.81. The lowest BCUT2D eigenvalue weighted by Crippen LogP contribution is -2.72. The highest BCUT2D eigenvalue weighted by atomic mass is 16.5. The van der Waals surface area contributed by atoms with Crippen LogP contribution >= 0.6 is 0 Å². The Balaban J connectivity index is 1.40. The first kappa shape index (κ1) is 30.3. The van der Waals surface area contributed by atoms with E-state index in [1.54, 1.807) is 0 Å². The summed E-state index contributed by atoms with van der Waals surface area (Å²) in [5.74, 6) is 1.30. The average molecular weight is 579 g/mol. The third-order valence-corrected chi connectivity index (χ3v) is 14.7. The second kappa shape index (κ2) is 9.91. The molecule has 3 N–H and O–H groups in total. The average Bonchev–Trinajstić information content (AvgIpc) is 2.96. The Morgan fingerprint density at radius 1 is 0.881 bits per heavy atom. The first-order valence-corrected chi connectivity index (χ1v) is 16.6. The van der Waals surface area contributed by atoms with E-state index in [4.69, 9.17) is 4.74 Å². The molecule has 42 heavy (non-hydrogen) atoms. The highest BCUT2D eigenvalue weighted by Crippen LogP contribution is 2.75. The summed E-state index contributed by atoms with van der Waals surface area (Å²) < 4.78 is 6.15. The number of aliphatic hydroxyl groups is 3. The molecule has 0 heterocycles. The fraction of sp³-hybridized carbons (Fsp3) is 0.757. The molecule has 4 fully saturated rings. The van der Waals surface area contributed by atoms with Gasteiger partial charge < -0.3 is 20.1 Å². The maximum atomic E-state index is 14.2. The first-order valence-electron chi connectivity index (χ1n) is 16.6. The summed E-state index contributed by atoms with van der Waals surface area (Å²) >= 11 is 0. The highest BCUT2D eigenvalue weighted by Gasteiger charge is 2.72. The number of esters is 1. The van der Waals surface area contributed by atoms with Crippen molar-refractivity contribution in [2.24, 2.45) is 56.7 Å². The summed E-state index contributed by atoms with van der Waals surface area (Å²) in [7, 11) is 0. The number of carbonyl (C=O) groups is 1. The van der Waals surface area contributed by atoms with Gasteiger partial charge in [0.25, 0.3) is 0 Å². The van der Waals surface area contributed by atoms with Gasteiger partial charge >= 0.3 is 5.97 Å². The van der Waals surface area contributed by atoms with E-state index in [0.717, 1.165) is 50.5 Å². The second-order valence-electron chi connectivity index (χ2n) is 16.4. The molecule has 0 aliphatic heterocycles. The Morgan fingerprint density at radius 2 is 1.57 bits per heavy atom. The van der Waals surface area contributed by atoms with Crippen molar-refractivity contribution in [3.8, 4) is 0 Å². The van der Waals surface area contributed by atoms with Gasteiger partial charge in [-0.05, 0) is 96.3 Å². The van der Waals surface area contributed by atoms with Crippen LogP contribution in [0.5, 0.6) is 0 Å². The summed E-state index contributed by atoms with van der Waals surface area (Å²) in [5.41, 5.74) is 0.760. The molecular weight excluding hydrogens is 524 g/mol. The van der Waals surface area contributed by atoms with Crippen LogP contribution in [0.1, 0.15) is 99.0 Å². The molecule has 12 atom stereocenters. The van der Waals surface area contributed by atoms with Gasteiger partial charge in [-0.15, -0.1) is 0 Å². The summed E-state index contributed by atoms with van der Waals surface area (Å²) in [6.07, 6.45) is 5.84. The van der Waals surface area contributed by atoms with Crippen LogP contribution in [0.15, 0.2) is 42.0 Å². The van der Waals surface area contributed by atoms with Gasteiger partial charge in [0.1, 0.15) is 12.7 Å². The van der Waals surface area contributed by atoms with Crippen molar-refractivity contribution < 1.29 is 24.9 Å². The van der Waals surface area contributed by atoms with Crippen molar-refractivity contribution >= 4 is 5.97 Å². The zero-order chi connectivity index (χ0) is 30.5. The highest BCUT2D eigenvalue weighted by molar-refractivity contribution is 5.79. The maximum absolute atomic E-state index is 14.2. The minimum atomic E-state index is -1.15. The summed E-state index contributed by atoms with van der Waals surface area (Å²) in [5, 5.41) is 33.9. The van der Waals surface area contributed by atoms with Crippen molar-refractivity contribution in [3.05, 3.63) is 47.5 Å². The molecule has 0 spiro atoms. The fourth-order valence-electron chi connectivity index (χ4n) is 11.8. The molecule has 0 saturated heterocycles. The molecule has 0 unspecified atom stereocenters. The molecule has 4 saturated carbocycles. The third-order valence-electron chi connectivity index (χ3n) is 14.7. The van der Waals surface area contributed by atoms with Crippen molar-refractivity contribution in [1.29, 1.82) is 0 Å². The van der Waals surface area contributed by atoms with Gasteiger partial charge in [-0.25, -0.2) is 0 Å². The minimum absolute atomic E-state index is 0.0254. The van der Waals surface area contributed by atoms with Crippen molar-refractivity contribution in [2.75, 3.05) is 0 Å². The second-order valence-corrected chi connectivity index (χ2v) is 16.4. The van der Waals surface area contributed by atoms with Gasteiger partial charge in [-0.2, -0.15) is 0 Å². The maximum Gasteiger partial charge on any atom is 0.313 e. The van der Waals surface area contributed by atoms with Crippen molar-refractivity contribution in [2.45, 2.75) is 118 Å². The number of allylic oxidation sites excluding steroid dienone is 2. The lowest BCUT2D eigenvalue weighted by molar-refractivity contribution is -0.278. The number of fused-ring (bicyclic) bond motifs is 7. The molecule has 0 radical (unpaired) electrons. The van der Waals surface area contributed by atoms with Crippen LogP contribution in [0, 0.1) is 56.7 Å². The van der Waals surface area contributed by atoms with Gasteiger partial charge in [0, 0.05) is 5.41 Å². The van der Waals surface area contributed by atoms with E-state index in [9.17, 15) is 20.1 Å². The Labute approximate surface area is 253 Å². The lowest BCUT2D eigenvalue weighted by atomic mass is 9.33. The Hall–Kier alpha value is -1.69. The van der Waals surface area contributed by atoms with Gasteiger partial charge in [0.15, 0.2) is 0 Å². The zero-order valence-electron chi connectivity index (χ0n) is 26.9. The van der Waals surface area contributed by atoms with Crippen LogP contribution in [0.2, 0.25) is 0 Å². The van der Waals surface area contributed by atoms with Crippen LogP contribution in [0.25, 0.3) is 0 Å². The van der Waals surface area contributed by atoms with E-state index >= 15 is 0 Å². The predicted octanol–water partition coefficient (Wildman–Crippen LogP) is 6.69. The molecule has 5 nitrogen and oxygen atoms in total. The number of carbonyl (C=O) groups excluding carboxylic acids is 1. The molecule has 1 aromatic rings. The Bertz CT molecular complexity index is 1240. The quantitative estimate of drug-likeness (QED) is 0.275. The normalized spacial score (nSPS) is 49.4. The minimum Gasteiger partial charge on any atom is -0.460 e. The zero-order valence-corrected chi connectivity index (χ0v) is 26.9. The molecule has 0 aromatic heterocycles. The van der Waals surface area contributed by atoms with Gasteiger partial charge in [0.05, 0.1) is 17.6 Å². The number of rotatable bonds is 3. The Morgan fingerprint density at radius 3 is 2.26 bits per heavy atom. The van der Waals surface area contributed by atoms with Gasteiger partial charge in [0.2, 0.25) is 0 Å². The molecular formula is C37H54O5. The smallest absolute Gasteiger partial charge is 0.313 e. The SMILES string of the molecule is C[C@H]1[C@H](C)CC[C@]2(C(=O)OCc3ccccc3)CC[C@]3(C)C(=CC[C@@H]4[C@@]5(C)[C@@H](O)[C@H](O)[C@H](O)C(C)(C)[C@@H]5CC[C@]43C)[C@H]12. The van der Waals surface area contributed by atoms with Crippen molar-refractivity contribution in [3.63, 3.8) is 0 Å². The van der Waals surface area contributed by atoms with E-state index in [0.29, 0.717) is 18.4 Å². The first-order chi connectivity index (χ1) is 19.7. The fourth-order valence-corrected chi connectivity index (χ4v) is 11.8.